The highest BCUT2D eigenvalue weighted by atomic mass is 19.1. The number of halogens is 1. The number of nitrogens with zero attached hydrogens (tertiary/aromatic N) is 2. The Morgan fingerprint density at radius 2 is 1.96 bits per heavy atom. The Kier molecular flexibility index (Phi) is 4.90. The van der Waals surface area contributed by atoms with Crippen LogP contribution >= 0.6 is 0 Å². The zero-order valence-electron chi connectivity index (χ0n) is 14.2. The molecule has 127 valence electrons. The molecule has 2 N–H and O–H groups in total. The van der Waals surface area contributed by atoms with E-state index in [-0.39, 0.29) is 11.4 Å². The van der Waals surface area contributed by atoms with Gasteiger partial charge in [0.1, 0.15) is 0 Å². The van der Waals surface area contributed by atoms with Crippen molar-refractivity contribution in [2.75, 3.05) is 43.9 Å². The third kappa shape index (κ3) is 3.31. The third-order valence-corrected chi connectivity index (χ3v) is 4.42. The first-order chi connectivity index (χ1) is 11.6. The Morgan fingerprint density at radius 3 is 2.67 bits per heavy atom. The Morgan fingerprint density at radius 1 is 1.21 bits per heavy atom. The van der Waals surface area contributed by atoms with E-state index in [0.717, 1.165) is 43.9 Å². The van der Waals surface area contributed by atoms with Crippen molar-refractivity contribution in [3.05, 3.63) is 47.8 Å². The zero-order valence-corrected chi connectivity index (χ0v) is 14.2. The molecule has 1 aliphatic heterocycles. The molecular formula is C19H23FN3O. The number of rotatable bonds is 4. The lowest BCUT2D eigenvalue weighted by Crippen LogP contribution is -2.44. The van der Waals surface area contributed by atoms with Crippen LogP contribution in [-0.2, 0) is 6.42 Å². The summed E-state index contributed by atoms with van der Waals surface area (Å²) in [6.07, 6.45) is 0.800. The zero-order chi connectivity index (χ0) is 17.1. The van der Waals surface area contributed by atoms with E-state index in [1.807, 2.05) is 12.1 Å². The van der Waals surface area contributed by atoms with Gasteiger partial charge in [0.2, 0.25) is 0 Å². The molecule has 4 nitrogen and oxygen atoms in total. The summed E-state index contributed by atoms with van der Waals surface area (Å²) in [5.41, 5.74) is 7.68. The molecule has 1 aliphatic rings. The van der Waals surface area contributed by atoms with Crippen LogP contribution in [0, 0.1) is 11.9 Å². The number of nitrogens with two attached hydrogens (primary N) is 1. The average Bonchev–Trinajstić information content (AvgIpc) is 2.60. The van der Waals surface area contributed by atoms with Crippen LogP contribution < -0.4 is 15.4 Å². The van der Waals surface area contributed by atoms with Crippen molar-refractivity contribution in [3.8, 4) is 11.5 Å². The van der Waals surface area contributed by atoms with Crippen molar-refractivity contribution in [3.63, 3.8) is 0 Å². The van der Waals surface area contributed by atoms with Gasteiger partial charge in [0.25, 0.3) is 0 Å². The Hall–Kier alpha value is -2.27. The largest absolute Gasteiger partial charge is 0.452 e. The van der Waals surface area contributed by atoms with Gasteiger partial charge in [-0.05, 0) is 31.2 Å². The van der Waals surface area contributed by atoms with Crippen LogP contribution in [0.5, 0.6) is 11.5 Å². The number of likely N-dealkylation sites (N-methyl/N-ethyl adjacent to an activating group) is 1. The Bertz CT molecular complexity index is 712. The van der Waals surface area contributed by atoms with E-state index >= 15 is 0 Å². The predicted octanol–water partition coefficient (Wildman–Crippen LogP) is 3.31. The number of ether oxygens (including phenoxy) is 1. The van der Waals surface area contributed by atoms with Gasteiger partial charge < -0.3 is 20.3 Å². The van der Waals surface area contributed by atoms with Crippen LogP contribution in [0.2, 0.25) is 0 Å². The highest BCUT2D eigenvalue weighted by Gasteiger charge is 2.21. The number of hydrogen-bond acceptors (Lipinski definition) is 4. The lowest BCUT2D eigenvalue weighted by Gasteiger charge is -2.35. The standard InChI is InChI=1S/C19H23FN3O/c1-3-14-6-4-8-16(23-12-10-22(2)11-13-23)19(14)24-17-9-5-7-15(21)18(17)20/h4-7,9H,3,10-13,21H2,1-2H3. The first-order valence-corrected chi connectivity index (χ1v) is 8.29. The van der Waals surface area contributed by atoms with Gasteiger partial charge in [0.05, 0.1) is 11.4 Å². The van der Waals surface area contributed by atoms with Crippen LogP contribution in [0.15, 0.2) is 30.3 Å². The number of hydrogen-bond donors (Lipinski definition) is 1. The average molecular weight is 328 g/mol. The molecule has 24 heavy (non-hydrogen) atoms. The molecule has 3 rings (SSSR count). The summed E-state index contributed by atoms with van der Waals surface area (Å²) < 4.78 is 20.2. The van der Waals surface area contributed by atoms with Crippen LogP contribution in [0.4, 0.5) is 15.8 Å². The minimum Gasteiger partial charge on any atom is -0.452 e. The van der Waals surface area contributed by atoms with Gasteiger partial charge in [-0.3, -0.25) is 0 Å². The van der Waals surface area contributed by atoms with Gasteiger partial charge in [-0.1, -0.05) is 25.1 Å². The fourth-order valence-corrected chi connectivity index (χ4v) is 2.89. The molecule has 1 saturated heterocycles. The topological polar surface area (TPSA) is 41.7 Å². The predicted molar refractivity (Wildman–Crippen MR) is 95.3 cm³/mol. The second kappa shape index (κ2) is 7.09. The fraction of sp³-hybridized carbons (Fsp3) is 0.368. The van der Waals surface area contributed by atoms with Crippen LogP contribution in [0.3, 0.4) is 0 Å². The first-order valence-electron chi connectivity index (χ1n) is 8.29. The lowest BCUT2D eigenvalue weighted by molar-refractivity contribution is 0.311. The lowest BCUT2D eigenvalue weighted by atomic mass is 10.1. The van der Waals surface area contributed by atoms with Crippen LogP contribution in [0.25, 0.3) is 0 Å². The highest BCUT2D eigenvalue weighted by Crippen LogP contribution is 2.37. The molecule has 0 atom stereocenters. The number of aryl methyl sites for hydroxylation is 1. The number of piperazine rings is 1. The summed E-state index contributed by atoms with van der Waals surface area (Å²) in [4.78, 5) is 4.54. The summed E-state index contributed by atoms with van der Waals surface area (Å²) in [5.74, 6) is 0.307. The third-order valence-electron chi connectivity index (χ3n) is 4.42. The quantitative estimate of drug-likeness (QED) is 0.874. The monoisotopic (exact) mass is 328 g/mol. The van der Waals surface area contributed by atoms with Gasteiger partial charge in [-0.15, -0.1) is 0 Å². The van der Waals surface area contributed by atoms with Gasteiger partial charge in [-0.2, -0.15) is 0 Å². The Labute approximate surface area is 142 Å². The summed E-state index contributed by atoms with van der Waals surface area (Å²) >= 11 is 0. The second-order valence-electron chi connectivity index (χ2n) is 6.09. The molecule has 2 aromatic rings. The molecule has 1 heterocycles. The molecule has 0 spiro atoms. The molecule has 2 aromatic carbocycles. The minimum atomic E-state index is -0.521. The molecule has 0 saturated carbocycles. The van der Waals surface area contributed by atoms with E-state index in [1.165, 1.54) is 6.07 Å². The van der Waals surface area contributed by atoms with Crippen molar-refractivity contribution in [1.29, 1.82) is 0 Å². The van der Waals surface area contributed by atoms with Crippen LogP contribution in [0.1, 0.15) is 12.5 Å². The van der Waals surface area contributed by atoms with Gasteiger partial charge in [0.15, 0.2) is 17.3 Å². The molecule has 0 bridgehead atoms. The summed E-state index contributed by atoms with van der Waals surface area (Å²) in [6, 6.07) is 12.0. The van der Waals surface area contributed by atoms with E-state index in [4.69, 9.17) is 10.5 Å². The van der Waals surface area contributed by atoms with E-state index in [2.05, 4.69) is 29.8 Å². The second-order valence-corrected chi connectivity index (χ2v) is 6.09. The van der Waals surface area contributed by atoms with E-state index in [1.54, 1.807) is 12.1 Å². The highest BCUT2D eigenvalue weighted by molar-refractivity contribution is 5.63. The number of benzene rings is 2. The van der Waals surface area contributed by atoms with Crippen LogP contribution in [-0.4, -0.2) is 38.1 Å². The van der Waals surface area contributed by atoms with Gasteiger partial charge >= 0.3 is 0 Å². The molecule has 1 fully saturated rings. The molecule has 0 aliphatic carbocycles. The van der Waals surface area contributed by atoms with Gasteiger partial charge in [-0.25, -0.2) is 4.39 Å². The number of nitrogen functional groups attached to an aromatic ring is 1. The van der Waals surface area contributed by atoms with Crippen molar-refractivity contribution >= 4 is 11.4 Å². The first kappa shape index (κ1) is 16.6. The van der Waals surface area contributed by atoms with E-state index in [0.29, 0.717) is 5.75 Å². The maximum absolute atomic E-state index is 14.3. The smallest absolute Gasteiger partial charge is 0.188 e. The summed E-state index contributed by atoms with van der Waals surface area (Å²) in [5, 5.41) is 0. The maximum Gasteiger partial charge on any atom is 0.188 e. The number of anilines is 2. The van der Waals surface area contributed by atoms with Crippen molar-refractivity contribution in [2.24, 2.45) is 0 Å². The van der Waals surface area contributed by atoms with Crippen molar-refractivity contribution in [2.45, 2.75) is 13.3 Å². The molecule has 1 radical (unpaired) electrons. The van der Waals surface area contributed by atoms with Crippen molar-refractivity contribution in [1.82, 2.24) is 4.90 Å². The molecule has 0 amide bonds. The van der Waals surface area contributed by atoms with E-state index < -0.39 is 5.82 Å². The molecular weight excluding hydrogens is 305 g/mol. The van der Waals surface area contributed by atoms with Gasteiger partial charge in [0, 0.05) is 32.2 Å². The summed E-state index contributed by atoms with van der Waals surface area (Å²) in [7, 11) is 2.11. The normalized spacial score (nSPS) is 15.5. The fourth-order valence-electron chi connectivity index (χ4n) is 2.89. The minimum absolute atomic E-state index is 0.0895. The van der Waals surface area contributed by atoms with Crippen molar-refractivity contribution < 1.29 is 9.13 Å². The SMILES string of the molecule is CCc1cc[c]c(N2CCN(C)CC2)c1Oc1cccc(N)c1F. The molecule has 0 unspecified atom stereocenters. The Balaban J connectivity index is 1.97. The molecule has 0 aromatic heterocycles. The summed E-state index contributed by atoms with van der Waals surface area (Å²) in [6.45, 7) is 5.82. The van der Waals surface area contributed by atoms with E-state index in [9.17, 15) is 4.39 Å². The molecule has 5 heteroatoms. The maximum atomic E-state index is 14.3.